The lowest BCUT2D eigenvalue weighted by Crippen LogP contribution is -2.35. The SMILES string of the molecule is CCCC[S+]([O-])N1CC=C(C(=O)OCC)[C@@H]1c1ccoc1. The first-order valence-corrected chi connectivity index (χ1v) is 8.51. The van der Waals surface area contributed by atoms with Crippen molar-refractivity contribution in [1.29, 1.82) is 0 Å². The third-order valence-corrected chi connectivity index (χ3v) is 4.90. The predicted octanol–water partition coefficient (Wildman–Crippen LogP) is 2.59. The number of hydrogen-bond donors (Lipinski definition) is 0. The largest absolute Gasteiger partial charge is 0.598 e. The van der Waals surface area contributed by atoms with Gasteiger partial charge < -0.3 is 13.7 Å². The quantitative estimate of drug-likeness (QED) is 0.572. The molecule has 5 nitrogen and oxygen atoms in total. The second-order valence-corrected chi connectivity index (χ2v) is 6.34. The first-order valence-electron chi connectivity index (χ1n) is 7.23. The average molecular weight is 311 g/mol. The number of ether oxygens (including phenoxy) is 1. The van der Waals surface area contributed by atoms with Gasteiger partial charge in [-0.25, -0.2) is 4.79 Å². The zero-order valence-electron chi connectivity index (χ0n) is 12.4. The van der Waals surface area contributed by atoms with E-state index in [9.17, 15) is 9.35 Å². The van der Waals surface area contributed by atoms with E-state index in [0.717, 1.165) is 18.4 Å². The third kappa shape index (κ3) is 3.70. The maximum Gasteiger partial charge on any atom is 0.335 e. The van der Waals surface area contributed by atoms with Crippen molar-refractivity contribution >= 4 is 17.3 Å². The molecule has 0 amide bonds. The summed E-state index contributed by atoms with van der Waals surface area (Å²) < 4.78 is 24.5. The Hall–Kier alpha value is -1.24. The molecule has 2 rings (SSSR count). The molecule has 0 aliphatic carbocycles. The van der Waals surface area contributed by atoms with Crippen molar-refractivity contribution in [2.24, 2.45) is 0 Å². The molecule has 1 aliphatic heterocycles. The van der Waals surface area contributed by atoms with E-state index >= 15 is 0 Å². The van der Waals surface area contributed by atoms with E-state index in [1.54, 1.807) is 31.6 Å². The third-order valence-electron chi connectivity index (χ3n) is 3.38. The minimum Gasteiger partial charge on any atom is -0.598 e. The van der Waals surface area contributed by atoms with Crippen LogP contribution in [-0.2, 0) is 20.9 Å². The van der Waals surface area contributed by atoms with Crippen LogP contribution in [0.3, 0.4) is 0 Å². The highest BCUT2D eigenvalue weighted by molar-refractivity contribution is 7.89. The normalized spacial score (nSPS) is 20.3. The molecule has 0 fully saturated rings. The molecule has 21 heavy (non-hydrogen) atoms. The summed E-state index contributed by atoms with van der Waals surface area (Å²) in [6.45, 7) is 4.65. The van der Waals surface area contributed by atoms with Gasteiger partial charge in [0.25, 0.3) is 0 Å². The molecular weight excluding hydrogens is 290 g/mol. The van der Waals surface area contributed by atoms with Crippen LogP contribution in [0.4, 0.5) is 0 Å². The van der Waals surface area contributed by atoms with Crippen molar-refractivity contribution in [1.82, 2.24) is 4.31 Å². The van der Waals surface area contributed by atoms with Gasteiger partial charge in [-0.1, -0.05) is 19.4 Å². The standard InChI is InChI=1S/C15H21NO4S/c1-3-5-10-21(18)16-8-6-13(15(17)20-4-2)14(16)12-7-9-19-11-12/h6-7,9,11,14H,3-5,8,10H2,1-2H3/t14-,21?/m0/s1. The zero-order valence-corrected chi connectivity index (χ0v) is 13.2. The van der Waals surface area contributed by atoms with Crippen molar-refractivity contribution in [2.75, 3.05) is 18.9 Å². The van der Waals surface area contributed by atoms with Crippen LogP contribution in [0.2, 0.25) is 0 Å². The Kier molecular flexibility index (Phi) is 5.90. The number of hydrogen-bond acceptors (Lipinski definition) is 5. The molecule has 1 aromatic heterocycles. The molecule has 2 heterocycles. The zero-order chi connectivity index (χ0) is 15.2. The Labute approximate surface area is 128 Å². The van der Waals surface area contributed by atoms with Gasteiger partial charge in [-0.3, -0.25) is 0 Å². The molecule has 0 spiro atoms. The first kappa shape index (κ1) is 16.1. The van der Waals surface area contributed by atoms with Crippen molar-refractivity contribution in [3.05, 3.63) is 35.8 Å². The molecule has 1 aliphatic rings. The van der Waals surface area contributed by atoms with Gasteiger partial charge in [0.15, 0.2) is 0 Å². The van der Waals surface area contributed by atoms with Crippen LogP contribution in [0.25, 0.3) is 0 Å². The van der Waals surface area contributed by atoms with E-state index in [-0.39, 0.29) is 12.0 Å². The number of carbonyl (C=O) groups excluding carboxylic acids is 1. The Morgan fingerprint density at radius 3 is 3.00 bits per heavy atom. The van der Waals surface area contributed by atoms with Crippen LogP contribution in [-0.4, -0.2) is 33.7 Å². The summed E-state index contributed by atoms with van der Waals surface area (Å²) in [6, 6.07) is 1.45. The van der Waals surface area contributed by atoms with Crippen molar-refractivity contribution in [2.45, 2.75) is 32.7 Å². The maximum atomic E-state index is 12.5. The topological polar surface area (TPSA) is 65.7 Å². The smallest absolute Gasteiger partial charge is 0.335 e. The van der Waals surface area contributed by atoms with E-state index in [2.05, 4.69) is 6.92 Å². The molecule has 2 atom stereocenters. The fourth-order valence-corrected chi connectivity index (χ4v) is 3.81. The predicted molar refractivity (Wildman–Crippen MR) is 80.8 cm³/mol. The van der Waals surface area contributed by atoms with Crippen LogP contribution in [0.15, 0.2) is 34.7 Å². The highest BCUT2D eigenvalue weighted by Gasteiger charge is 2.40. The van der Waals surface area contributed by atoms with Gasteiger partial charge in [-0.15, -0.1) is 4.31 Å². The molecule has 0 bridgehead atoms. The van der Waals surface area contributed by atoms with Gasteiger partial charge in [0, 0.05) is 16.9 Å². The average Bonchev–Trinajstić information content (AvgIpc) is 3.12. The molecule has 116 valence electrons. The fraction of sp³-hybridized carbons (Fsp3) is 0.533. The molecule has 0 N–H and O–H groups in total. The summed E-state index contributed by atoms with van der Waals surface area (Å²) in [5, 5.41) is 0. The molecular formula is C15H21NO4S. The lowest BCUT2D eigenvalue weighted by Gasteiger charge is -2.26. The lowest BCUT2D eigenvalue weighted by molar-refractivity contribution is -0.138. The van der Waals surface area contributed by atoms with Gasteiger partial charge in [0.05, 0.1) is 31.3 Å². The Morgan fingerprint density at radius 2 is 2.38 bits per heavy atom. The van der Waals surface area contributed by atoms with Crippen LogP contribution < -0.4 is 0 Å². The Balaban J connectivity index is 2.18. The molecule has 1 aromatic rings. The molecule has 0 aromatic carbocycles. The van der Waals surface area contributed by atoms with Crippen molar-refractivity contribution < 1.29 is 18.5 Å². The van der Waals surface area contributed by atoms with Crippen LogP contribution in [0.1, 0.15) is 38.3 Å². The van der Waals surface area contributed by atoms with Gasteiger partial charge in [-0.05, 0) is 19.4 Å². The summed E-state index contributed by atoms with van der Waals surface area (Å²) in [7, 11) is 0. The van der Waals surface area contributed by atoms with E-state index < -0.39 is 11.4 Å². The summed E-state index contributed by atoms with van der Waals surface area (Å²) >= 11 is -1.12. The summed E-state index contributed by atoms with van der Waals surface area (Å²) in [6.07, 6.45) is 6.85. The minimum absolute atomic E-state index is 0.327. The summed E-state index contributed by atoms with van der Waals surface area (Å²) in [5.74, 6) is 0.258. The minimum atomic E-state index is -1.12. The Bertz CT molecular complexity index is 486. The van der Waals surface area contributed by atoms with E-state index in [4.69, 9.17) is 9.15 Å². The monoisotopic (exact) mass is 311 g/mol. The summed E-state index contributed by atoms with van der Waals surface area (Å²) in [5.41, 5.74) is 1.37. The first-order chi connectivity index (χ1) is 10.2. The molecule has 1 unspecified atom stereocenters. The molecule has 0 saturated heterocycles. The van der Waals surface area contributed by atoms with E-state index in [1.807, 2.05) is 4.31 Å². The number of carbonyl (C=O) groups is 1. The van der Waals surface area contributed by atoms with Crippen LogP contribution >= 0.6 is 0 Å². The van der Waals surface area contributed by atoms with Gasteiger partial charge in [0.1, 0.15) is 11.8 Å². The number of rotatable bonds is 7. The number of unbranched alkanes of at least 4 members (excludes halogenated alkanes) is 1. The molecule has 0 radical (unpaired) electrons. The lowest BCUT2D eigenvalue weighted by atomic mass is 10.0. The van der Waals surface area contributed by atoms with Gasteiger partial charge in [0.2, 0.25) is 0 Å². The highest BCUT2D eigenvalue weighted by atomic mass is 32.2. The van der Waals surface area contributed by atoms with Crippen molar-refractivity contribution in [3.8, 4) is 0 Å². The van der Waals surface area contributed by atoms with Crippen LogP contribution in [0, 0.1) is 0 Å². The van der Waals surface area contributed by atoms with E-state index in [0.29, 0.717) is 24.5 Å². The molecule has 6 heteroatoms. The van der Waals surface area contributed by atoms with Gasteiger partial charge >= 0.3 is 5.97 Å². The fourth-order valence-electron chi connectivity index (χ4n) is 2.33. The van der Waals surface area contributed by atoms with Crippen molar-refractivity contribution in [3.63, 3.8) is 0 Å². The number of furan rings is 1. The molecule has 0 saturated carbocycles. The second kappa shape index (κ2) is 7.68. The summed E-state index contributed by atoms with van der Waals surface area (Å²) in [4.78, 5) is 12.1. The number of nitrogens with zero attached hydrogens (tertiary/aromatic N) is 1. The Morgan fingerprint density at radius 1 is 1.57 bits per heavy atom. The highest BCUT2D eigenvalue weighted by Crippen LogP contribution is 2.36. The number of esters is 1. The maximum absolute atomic E-state index is 12.5. The van der Waals surface area contributed by atoms with Crippen LogP contribution in [0.5, 0.6) is 0 Å². The second-order valence-electron chi connectivity index (χ2n) is 4.82. The van der Waals surface area contributed by atoms with Gasteiger partial charge in [-0.2, -0.15) is 0 Å². The van der Waals surface area contributed by atoms with E-state index in [1.165, 1.54) is 0 Å².